The lowest BCUT2D eigenvalue weighted by Gasteiger charge is -2.29. The first-order valence-corrected chi connectivity index (χ1v) is 9.92. The minimum Gasteiger partial charge on any atom is -0.493 e. The van der Waals surface area contributed by atoms with Crippen molar-refractivity contribution in [3.63, 3.8) is 0 Å². The third-order valence-corrected chi connectivity index (χ3v) is 5.67. The average molecular weight is 411 g/mol. The molecule has 1 aliphatic heterocycles. The molecule has 2 aromatic heterocycles. The van der Waals surface area contributed by atoms with Crippen LogP contribution in [0.15, 0.2) is 51.3 Å². The number of furan rings is 1. The fourth-order valence-corrected chi connectivity index (χ4v) is 4.05. The van der Waals surface area contributed by atoms with Crippen LogP contribution in [0.3, 0.4) is 0 Å². The third kappa shape index (κ3) is 3.23. The van der Waals surface area contributed by atoms with Gasteiger partial charge in [-0.1, -0.05) is 23.7 Å². The number of ether oxygens (including phenoxy) is 1. The number of carbonyl (C=O) groups excluding carboxylic acids is 1. The van der Waals surface area contributed by atoms with E-state index in [2.05, 4.69) is 4.98 Å². The number of hydrogen-bond donors (Lipinski definition) is 0. The Morgan fingerprint density at radius 2 is 2.00 bits per heavy atom. The molecule has 0 N–H and O–H groups in total. The van der Waals surface area contributed by atoms with Crippen LogP contribution in [-0.4, -0.2) is 36.0 Å². The number of hydrogen-bond acceptors (Lipinski definition) is 5. The van der Waals surface area contributed by atoms with Gasteiger partial charge in [0.1, 0.15) is 5.52 Å². The Kier molecular flexibility index (Phi) is 4.43. The second-order valence-corrected chi connectivity index (χ2v) is 7.66. The SMILES string of the molecule is COc1cccc2cc(C(=O)N3CCC(c4nc5cc(Cl)ccc5o4)CC3)oc12. The van der Waals surface area contributed by atoms with Crippen LogP contribution in [0.25, 0.3) is 22.1 Å². The molecule has 0 bridgehead atoms. The summed E-state index contributed by atoms with van der Waals surface area (Å²) in [6.45, 7) is 1.24. The Morgan fingerprint density at radius 1 is 1.17 bits per heavy atom. The van der Waals surface area contributed by atoms with Gasteiger partial charge in [0.2, 0.25) is 0 Å². The maximum absolute atomic E-state index is 12.9. The number of rotatable bonds is 3. The zero-order valence-corrected chi connectivity index (χ0v) is 16.6. The highest BCUT2D eigenvalue weighted by Gasteiger charge is 2.29. The first-order chi connectivity index (χ1) is 14.1. The standard InChI is InChI=1S/C22H19ClN2O4/c1-27-18-4-2-3-14-11-19(28-20(14)18)22(26)25-9-7-13(8-10-25)21-24-16-12-15(23)5-6-17(16)29-21/h2-6,11-13H,7-10H2,1H3. The van der Waals surface area contributed by atoms with E-state index in [1.165, 1.54) is 0 Å². The lowest BCUT2D eigenvalue weighted by Crippen LogP contribution is -2.37. The summed E-state index contributed by atoms with van der Waals surface area (Å²) >= 11 is 6.03. The molecule has 1 aliphatic rings. The van der Waals surface area contributed by atoms with E-state index in [1.54, 1.807) is 25.3 Å². The third-order valence-electron chi connectivity index (χ3n) is 5.44. The lowest BCUT2D eigenvalue weighted by molar-refractivity contribution is 0.0677. The van der Waals surface area contributed by atoms with Gasteiger partial charge in [-0.25, -0.2) is 4.98 Å². The minimum absolute atomic E-state index is 0.106. The van der Waals surface area contributed by atoms with Crippen LogP contribution in [-0.2, 0) is 0 Å². The quantitative estimate of drug-likeness (QED) is 0.461. The predicted molar refractivity (Wildman–Crippen MR) is 110 cm³/mol. The molecule has 6 nitrogen and oxygen atoms in total. The molecule has 2 aromatic carbocycles. The maximum atomic E-state index is 12.9. The van der Waals surface area contributed by atoms with Gasteiger partial charge in [0.05, 0.1) is 7.11 Å². The zero-order chi connectivity index (χ0) is 20.0. The summed E-state index contributed by atoms with van der Waals surface area (Å²) in [5, 5.41) is 1.49. The average Bonchev–Trinajstić information content (AvgIpc) is 3.37. The number of para-hydroxylation sites is 1. The molecule has 148 valence electrons. The number of nitrogens with zero attached hydrogens (tertiary/aromatic N) is 2. The van der Waals surface area contributed by atoms with Crippen LogP contribution >= 0.6 is 11.6 Å². The van der Waals surface area contributed by atoms with Crippen LogP contribution in [0.4, 0.5) is 0 Å². The number of methoxy groups -OCH3 is 1. The first-order valence-electron chi connectivity index (χ1n) is 9.54. The molecule has 7 heteroatoms. The van der Waals surface area contributed by atoms with Crippen molar-refractivity contribution in [1.82, 2.24) is 9.88 Å². The van der Waals surface area contributed by atoms with Crippen molar-refractivity contribution >= 4 is 39.6 Å². The van der Waals surface area contributed by atoms with E-state index in [4.69, 9.17) is 25.2 Å². The zero-order valence-electron chi connectivity index (χ0n) is 15.9. The predicted octanol–water partition coefficient (Wildman–Crippen LogP) is 5.26. The van der Waals surface area contributed by atoms with Crippen molar-refractivity contribution < 1.29 is 18.4 Å². The Morgan fingerprint density at radius 3 is 2.79 bits per heavy atom. The van der Waals surface area contributed by atoms with Crippen molar-refractivity contribution in [3.8, 4) is 5.75 Å². The number of oxazole rings is 1. The molecule has 1 saturated heterocycles. The molecule has 0 radical (unpaired) electrons. The van der Waals surface area contributed by atoms with Gasteiger partial charge in [0, 0.05) is 29.4 Å². The number of fused-ring (bicyclic) bond motifs is 2. The van der Waals surface area contributed by atoms with Gasteiger partial charge in [-0.2, -0.15) is 0 Å². The molecule has 0 saturated carbocycles. The summed E-state index contributed by atoms with van der Waals surface area (Å²) in [5.41, 5.74) is 2.10. The van der Waals surface area contributed by atoms with Gasteiger partial charge < -0.3 is 18.5 Å². The molecule has 0 unspecified atom stereocenters. The van der Waals surface area contributed by atoms with Crippen molar-refractivity contribution in [2.24, 2.45) is 0 Å². The minimum atomic E-state index is -0.106. The van der Waals surface area contributed by atoms with Crippen LogP contribution in [0.2, 0.25) is 5.02 Å². The number of amides is 1. The molecule has 0 spiro atoms. The number of likely N-dealkylation sites (tertiary alicyclic amines) is 1. The number of benzene rings is 2. The van der Waals surface area contributed by atoms with Gasteiger partial charge in [-0.05, 0) is 43.2 Å². The second-order valence-electron chi connectivity index (χ2n) is 7.22. The molecule has 29 heavy (non-hydrogen) atoms. The molecular weight excluding hydrogens is 392 g/mol. The lowest BCUT2D eigenvalue weighted by atomic mass is 9.96. The van der Waals surface area contributed by atoms with E-state index in [9.17, 15) is 4.79 Å². The van der Waals surface area contributed by atoms with E-state index < -0.39 is 0 Å². The Balaban J connectivity index is 1.31. The number of aromatic nitrogens is 1. The number of piperidine rings is 1. The summed E-state index contributed by atoms with van der Waals surface area (Å²) < 4.78 is 17.0. The Hall–Kier alpha value is -2.99. The van der Waals surface area contributed by atoms with Gasteiger partial charge in [-0.15, -0.1) is 0 Å². The summed E-state index contributed by atoms with van der Waals surface area (Å²) in [7, 11) is 1.59. The van der Waals surface area contributed by atoms with Crippen molar-refractivity contribution in [2.45, 2.75) is 18.8 Å². The smallest absolute Gasteiger partial charge is 0.289 e. The Labute approximate surface area is 172 Å². The van der Waals surface area contributed by atoms with Crippen LogP contribution in [0.1, 0.15) is 35.2 Å². The highest BCUT2D eigenvalue weighted by molar-refractivity contribution is 6.31. The monoisotopic (exact) mass is 410 g/mol. The fourth-order valence-electron chi connectivity index (χ4n) is 3.88. The van der Waals surface area contributed by atoms with Gasteiger partial charge in [0.25, 0.3) is 5.91 Å². The fraction of sp³-hybridized carbons (Fsp3) is 0.273. The molecule has 1 fully saturated rings. The highest BCUT2D eigenvalue weighted by atomic mass is 35.5. The maximum Gasteiger partial charge on any atom is 0.289 e. The summed E-state index contributed by atoms with van der Waals surface area (Å²) in [6, 6.07) is 12.8. The summed E-state index contributed by atoms with van der Waals surface area (Å²) in [5.74, 6) is 1.74. The highest BCUT2D eigenvalue weighted by Crippen LogP contribution is 2.33. The normalized spacial score (nSPS) is 15.3. The number of halogens is 1. The van der Waals surface area contributed by atoms with Crippen LogP contribution in [0.5, 0.6) is 5.75 Å². The van der Waals surface area contributed by atoms with E-state index >= 15 is 0 Å². The van der Waals surface area contributed by atoms with E-state index in [1.807, 2.05) is 29.2 Å². The molecule has 0 aliphatic carbocycles. The number of carbonyl (C=O) groups is 1. The molecule has 5 rings (SSSR count). The molecule has 4 aromatic rings. The largest absolute Gasteiger partial charge is 0.493 e. The Bertz CT molecular complexity index is 1200. The van der Waals surface area contributed by atoms with Crippen molar-refractivity contribution in [1.29, 1.82) is 0 Å². The molecular formula is C22H19ClN2O4. The summed E-state index contributed by atoms with van der Waals surface area (Å²) in [4.78, 5) is 19.3. The van der Waals surface area contributed by atoms with Gasteiger partial charge in [0.15, 0.2) is 28.6 Å². The molecule has 1 amide bonds. The van der Waals surface area contributed by atoms with Crippen LogP contribution in [0, 0.1) is 0 Å². The molecule has 3 heterocycles. The van der Waals surface area contributed by atoms with Gasteiger partial charge >= 0.3 is 0 Å². The van der Waals surface area contributed by atoms with Gasteiger partial charge in [-0.3, -0.25) is 4.79 Å². The summed E-state index contributed by atoms with van der Waals surface area (Å²) in [6.07, 6.45) is 1.58. The van der Waals surface area contributed by atoms with Crippen molar-refractivity contribution in [3.05, 3.63) is 59.1 Å². The van der Waals surface area contributed by atoms with Crippen molar-refractivity contribution in [2.75, 3.05) is 20.2 Å². The van der Waals surface area contributed by atoms with E-state index in [-0.39, 0.29) is 11.8 Å². The second kappa shape index (κ2) is 7.12. The first kappa shape index (κ1) is 18.1. The van der Waals surface area contributed by atoms with Crippen LogP contribution < -0.4 is 4.74 Å². The topological polar surface area (TPSA) is 68.7 Å². The van der Waals surface area contributed by atoms with E-state index in [0.29, 0.717) is 41.1 Å². The molecule has 0 atom stereocenters. The van der Waals surface area contributed by atoms with E-state index in [0.717, 1.165) is 29.3 Å².